The van der Waals surface area contributed by atoms with Crippen molar-refractivity contribution in [1.82, 2.24) is 9.78 Å². The third kappa shape index (κ3) is 1.82. The minimum Gasteiger partial charge on any atom is -0.366 e. The number of carbonyl (C=O) groups is 1. The van der Waals surface area contributed by atoms with Gasteiger partial charge in [-0.15, -0.1) is 0 Å². The van der Waals surface area contributed by atoms with Crippen molar-refractivity contribution in [3.05, 3.63) is 47.3 Å². The van der Waals surface area contributed by atoms with Gasteiger partial charge in [-0.25, -0.2) is 4.68 Å². The molecule has 0 aliphatic heterocycles. The highest BCUT2D eigenvalue weighted by molar-refractivity contribution is 5.93. The quantitative estimate of drug-likeness (QED) is 0.826. The second-order valence-corrected chi connectivity index (χ2v) is 3.83. The van der Waals surface area contributed by atoms with Crippen LogP contribution < -0.4 is 5.73 Å². The highest BCUT2D eigenvalue weighted by atomic mass is 16.1. The second-order valence-electron chi connectivity index (χ2n) is 3.83. The smallest absolute Gasteiger partial charge is 0.248 e. The topological polar surface area (TPSA) is 60.9 Å². The summed E-state index contributed by atoms with van der Waals surface area (Å²) in [4.78, 5) is 11.1. The Morgan fingerprint density at radius 1 is 1.38 bits per heavy atom. The van der Waals surface area contributed by atoms with Crippen LogP contribution in [0.15, 0.2) is 30.6 Å². The third-order valence-electron chi connectivity index (χ3n) is 2.45. The molecule has 4 heteroatoms. The molecule has 2 aromatic rings. The van der Waals surface area contributed by atoms with Crippen LogP contribution in [0.25, 0.3) is 5.69 Å². The van der Waals surface area contributed by atoms with Crippen LogP contribution in [0.3, 0.4) is 0 Å². The molecule has 82 valence electrons. The van der Waals surface area contributed by atoms with Crippen LogP contribution in [0.1, 0.15) is 21.5 Å². The molecule has 1 aromatic carbocycles. The molecule has 2 rings (SSSR count). The van der Waals surface area contributed by atoms with Crippen molar-refractivity contribution in [1.29, 1.82) is 0 Å². The van der Waals surface area contributed by atoms with Crippen LogP contribution in [0.2, 0.25) is 0 Å². The summed E-state index contributed by atoms with van der Waals surface area (Å²) in [7, 11) is 0. The Hall–Kier alpha value is -2.10. The normalized spacial score (nSPS) is 10.4. The molecule has 0 aliphatic carbocycles. The van der Waals surface area contributed by atoms with E-state index in [1.54, 1.807) is 23.0 Å². The Morgan fingerprint density at radius 2 is 2.12 bits per heavy atom. The number of nitrogens with zero attached hydrogens (tertiary/aromatic N) is 2. The number of aromatic nitrogens is 2. The van der Waals surface area contributed by atoms with Gasteiger partial charge < -0.3 is 5.73 Å². The monoisotopic (exact) mass is 215 g/mol. The molecule has 4 nitrogen and oxygen atoms in total. The molecule has 0 spiro atoms. The number of nitrogens with two attached hydrogens (primary N) is 1. The molecule has 0 radical (unpaired) electrons. The van der Waals surface area contributed by atoms with Crippen molar-refractivity contribution in [2.45, 2.75) is 13.8 Å². The minimum atomic E-state index is -0.426. The third-order valence-corrected chi connectivity index (χ3v) is 2.45. The van der Waals surface area contributed by atoms with Gasteiger partial charge in [0.25, 0.3) is 0 Å². The highest BCUT2D eigenvalue weighted by Crippen LogP contribution is 2.15. The highest BCUT2D eigenvalue weighted by Gasteiger charge is 2.06. The number of rotatable bonds is 2. The number of carbonyl (C=O) groups excluding carboxylic acids is 1. The maximum atomic E-state index is 11.1. The zero-order valence-corrected chi connectivity index (χ0v) is 9.27. The van der Waals surface area contributed by atoms with Crippen molar-refractivity contribution in [3.8, 4) is 5.69 Å². The summed E-state index contributed by atoms with van der Waals surface area (Å²) >= 11 is 0. The van der Waals surface area contributed by atoms with Crippen LogP contribution in [-0.4, -0.2) is 15.7 Å². The fourth-order valence-corrected chi connectivity index (χ4v) is 1.55. The zero-order valence-electron chi connectivity index (χ0n) is 9.27. The lowest BCUT2D eigenvalue weighted by molar-refractivity contribution is 0.100. The van der Waals surface area contributed by atoms with E-state index in [4.69, 9.17) is 5.73 Å². The Balaban J connectivity index is 2.55. The molecule has 0 bridgehead atoms. The number of aryl methyl sites for hydroxylation is 2. The van der Waals surface area contributed by atoms with Gasteiger partial charge in [-0.05, 0) is 37.1 Å². The van der Waals surface area contributed by atoms with Gasteiger partial charge in [0.15, 0.2) is 0 Å². The lowest BCUT2D eigenvalue weighted by atomic mass is 10.1. The van der Waals surface area contributed by atoms with E-state index >= 15 is 0 Å². The number of primary amides is 1. The Labute approximate surface area is 93.7 Å². The van der Waals surface area contributed by atoms with E-state index in [-0.39, 0.29) is 0 Å². The lowest BCUT2D eigenvalue weighted by Gasteiger charge is -2.07. The molecule has 1 aromatic heterocycles. The average molecular weight is 215 g/mol. The number of hydrogen-bond donors (Lipinski definition) is 1. The minimum absolute atomic E-state index is 0.426. The average Bonchev–Trinajstić information content (AvgIpc) is 2.65. The molecule has 0 unspecified atom stereocenters. The van der Waals surface area contributed by atoms with E-state index in [0.29, 0.717) is 5.56 Å². The first-order chi connectivity index (χ1) is 7.58. The predicted molar refractivity (Wildman–Crippen MR) is 61.6 cm³/mol. The summed E-state index contributed by atoms with van der Waals surface area (Å²) in [5, 5.41) is 4.21. The van der Waals surface area contributed by atoms with Crippen LogP contribution in [0.5, 0.6) is 0 Å². The first-order valence-corrected chi connectivity index (χ1v) is 5.00. The SMILES string of the molecule is Cc1cnn(-c2cc(C(N)=O)ccc2C)c1. The fourth-order valence-electron chi connectivity index (χ4n) is 1.55. The molecule has 16 heavy (non-hydrogen) atoms. The summed E-state index contributed by atoms with van der Waals surface area (Å²) in [6.45, 7) is 3.94. The second kappa shape index (κ2) is 3.81. The molecular weight excluding hydrogens is 202 g/mol. The predicted octanol–water partition coefficient (Wildman–Crippen LogP) is 1.59. The maximum absolute atomic E-state index is 11.1. The summed E-state index contributed by atoms with van der Waals surface area (Å²) in [6.07, 6.45) is 3.68. The largest absolute Gasteiger partial charge is 0.366 e. The van der Waals surface area contributed by atoms with Gasteiger partial charge in [-0.3, -0.25) is 4.79 Å². The van der Waals surface area contributed by atoms with Crippen molar-refractivity contribution in [2.75, 3.05) is 0 Å². The lowest BCUT2D eigenvalue weighted by Crippen LogP contribution is -2.12. The molecular formula is C12H13N3O. The van der Waals surface area contributed by atoms with Gasteiger partial charge in [-0.1, -0.05) is 6.07 Å². The van der Waals surface area contributed by atoms with Gasteiger partial charge in [0.2, 0.25) is 5.91 Å². The van der Waals surface area contributed by atoms with E-state index in [1.165, 1.54) is 0 Å². The fraction of sp³-hybridized carbons (Fsp3) is 0.167. The van der Waals surface area contributed by atoms with Crippen molar-refractivity contribution >= 4 is 5.91 Å². The zero-order chi connectivity index (χ0) is 11.7. The molecule has 0 saturated carbocycles. The molecule has 0 atom stereocenters. The summed E-state index contributed by atoms with van der Waals surface area (Å²) < 4.78 is 1.75. The van der Waals surface area contributed by atoms with Crippen LogP contribution >= 0.6 is 0 Å². The van der Waals surface area contributed by atoms with Gasteiger partial charge in [0, 0.05) is 11.8 Å². The molecule has 0 fully saturated rings. The standard InChI is InChI=1S/C12H13N3O/c1-8-6-14-15(7-8)11-5-10(12(13)16)4-3-9(11)2/h3-7H,1-2H3,(H2,13,16). The Kier molecular flexibility index (Phi) is 2.48. The van der Waals surface area contributed by atoms with Gasteiger partial charge in [-0.2, -0.15) is 5.10 Å². The van der Waals surface area contributed by atoms with Crippen molar-refractivity contribution in [2.24, 2.45) is 5.73 Å². The molecule has 1 heterocycles. The molecule has 0 saturated heterocycles. The Bertz CT molecular complexity index is 543. The summed E-state index contributed by atoms with van der Waals surface area (Å²) in [5.41, 5.74) is 8.74. The molecule has 1 amide bonds. The van der Waals surface area contributed by atoms with E-state index in [1.807, 2.05) is 26.1 Å². The van der Waals surface area contributed by atoms with E-state index in [9.17, 15) is 4.79 Å². The molecule has 2 N–H and O–H groups in total. The number of benzene rings is 1. The van der Waals surface area contributed by atoms with E-state index in [2.05, 4.69) is 5.10 Å². The van der Waals surface area contributed by atoms with Crippen LogP contribution in [0.4, 0.5) is 0 Å². The first kappa shape index (κ1) is 10.4. The molecule has 0 aliphatic rings. The van der Waals surface area contributed by atoms with Crippen molar-refractivity contribution in [3.63, 3.8) is 0 Å². The number of hydrogen-bond acceptors (Lipinski definition) is 2. The van der Waals surface area contributed by atoms with E-state index in [0.717, 1.165) is 16.8 Å². The van der Waals surface area contributed by atoms with Crippen LogP contribution in [-0.2, 0) is 0 Å². The van der Waals surface area contributed by atoms with E-state index < -0.39 is 5.91 Å². The summed E-state index contributed by atoms with van der Waals surface area (Å²) in [5.74, 6) is -0.426. The maximum Gasteiger partial charge on any atom is 0.248 e. The first-order valence-electron chi connectivity index (χ1n) is 5.00. The van der Waals surface area contributed by atoms with Gasteiger partial charge in [0.1, 0.15) is 0 Å². The van der Waals surface area contributed by atoms with Gasteiger partial charge >= 0.3 is 0 Å². The van der Waals surface area contributed by atoms with Gasteiger partial charge in [0.05, 0.1) is 11.9 Å². The Morgan fingerprint density at radius 3 is 2.69 bits per heavy atom. The number of amides is 1. The summed E-state index contributed by atoms with van der Waals surface area (Å²) in [6, 6.07) is 5.34. The van der Waals surface area contributed by atoms with Crippen molar-refractivity contribution < 1.29 is 4.79 Å². The van der Waals surface area contributed by atoms with Crippen LogP contribution in [0, 0.1) is 13.8 Å².